The number of hydrogen-bond acceptors (Lipinski definition) is 8. The first-order valence-corrected chi connectivity index (χ1v) is 7.03. The fraction of sp³-hybridized carbons (Fsp3) is 0.500. The quantitative estimate of drug-likeness (QED) is 0.641. The van der Waals surface area contributed by atoms with Crippen LogP contribution in [0.25, 0.3) is 11.0 Å². The van der Waals surface area contributed by atoms with Crippen molar-refractivity contribution in [3.05, 3.63) is 18.1 Å². The summed E-state index contributed by atoms with van der Waals surface area (Å²) >= 11 is 0. The number of hydrogen-bond donors (Lipinski definition) is 3. The Kier molecular flexibility index (Phi) is 3.80. The number of nitrogens with two attached hydrogens (primary N) is 1. The van der Waals surface area contributed by atoms with E-state index in [0.29, 0.717) is 22.9 Å². The van der Waals surface area contributed by atoms with Gasteiger partial charge in [-0.1, -0.05) is 0 Å². The lowest BCUT2D eigenvalue weighted by Crippen LogP contribution is -2.46. The molecule has 3 rings (SSSR count). The first kappa shape index (κ1) is 15.8. The molecule has 23 heavy (non-hydrogen) atoms. The van der Waals surface area contributed by atoms with E-state index in [-0.39, 0.29) is 12.4 Å². The highest BCUT2D eigenvalue weighted by atomic mass is 16.6. The number of nitrogen functional groups attached to an aromatic ring is 1. The lowest BCUT2D eigenvalue weighted by atomic mass is 9.96. The Balaban J connectivity index is 2.20. The highest BCUT2D eigenvalue weighted by Gasteiger charge is 2.54. The number of carbonyl (C=O) groups is 1. The van der Waals surface area contributed by atoms with Crippen LogP contribution in [0.15, 0.2) is 12.5 Å². The minimum Gasteiger partial charge on any atom is -0.394 e. The topological polar surface area (TPSA) is 133 Å². The number of methoxy groups -OCH3 is 1. The summed E-state index contributed by atoms with van der Waals surface area (Å²) < 4.78 is 12.8. The van der Waals surface area contributed by atoms with Crippen molar-refractivity contribution in [1.82, 2.24) is 14.5 Å². The lowest BCUT2D eigenvalue weighted by molar-refractivity contribution is -0.118. The minimum atomic E-state index is -1.14. The number of ether oxygens (including phenoxy) is 2. The van der Waals surface area contributed by atoms with E-state index in [4.69, 9.17) is 15.2 Å². The number of nitrogens with zero attached hydrogens (tertiary/aromatic N) is 3. The van der Waals surface area contributed by atoms with E-state index in [1.165, 1.54) is 19.6 Å². The molecule has 0 saturated carbocycles. The van der Waals surface area contributed by atoms with Gasteiger partial charge in [-0.2, -0.15) is 0 Å². The molecule has 1 aliphatic heterocycles. The van der Waals surface area contributed by atoms with Crippen LogP contribution in [0.4, 0.5) is 5.82 Å². The molecular weight excluding hydrogens is 304 g/mol. The summed E-state index contributed by atoms with van der Waals surface area (Å²) in [4.78, 5) is 19.4. The van der Waals surface area contributed by atoms with Gasteiger partial charge in [-0.15, -0.1) is 0 Å². The first-order chi connectivity index (χ1) is 11.0. The smallest absolute Gasteiger partial charge is 0.167 e. The minimum absolute atomic E-state index is 0.173. The van der Waals surface area contributed by atoms with Crippen LogP contribution in [0.1, 0.15) is 23.5 Å². The molecule has 2 unspecified atom stereocenters. The Labute approximate surface area is 131 Å². The number of aliphatic hydroxyl groups is 2. The molecule has 1 fully saturated rings. The van der Waals surface area contributed by atoms with Gasteiger partial charge in [-0.05, 0) is 6.92 Å². The van der Waals surface area contributed by atoms with Gasteiger partial charge in [-0.3, -0.25) is 4.79 Å². The highest BCUT2D eigenvalue weighted by molar-refractivity contribution is 6.01. The number of aromatic nitrogens is 3. The molecule has 3 heterocycles. The van der Waals surface area contributed by atoms with E-state index < -0.39 is 24.0 Å². The Morgan fingerprint density at radius 2 is 2.30 bits per heavy atom. The number of aliphatic hydroxyl groups excluding tert-OH is 2. The van der Waals surface area contributed by atoms with Crippen LogP contribution >= 0.6 is 0 Å². The van der Waals surface area contributed by atoms with E-state index >= 15 is 0 Å². The monoisotopic (exact) mass is 322 g/mol. The maximum Gasteiger partial charge on any atom is 0.167 e. The standard InChI is InChI=1S/C14H18N4O5/c1-14(22-2)10(21)8(5-20)23-13(14)18-3-7(4-19)9-11(15)16-6-17-12(9)18/h3-4,6,8,10,13,20-21H,5H2,1-2H3,(H2,15,16,17)/t8?,10?,13-,14-/m1/s1. The van der Waals surface area contributed by atoms with Crippen molar-refractivity contribution in [3.8, 4) is 0 Å². The van der Waals surface area contributed by atoms with E-state index in [0.717, 1.165) is 0 Å². The molecule has 0 aliphatic carbocycles. The highest BCUT2D eigenvalue weighted by Crippen LogP contribution is 2.42. The van der Waals surface area contributed by atoms with E-state index in [9.17, 15) is 15.0 Å². The molecule has 1 aliphatic rings. The van der Waals surface area contributed by atoms with Gasteiger partial charge in [0.1, 0.15) is 35.6 Å². The molecule has 0 bridgehead atoms. The van der Waals surface area contributed by atoms with Gasteiger partial charge < -0.3 is 30.0 Å². The molecule has 4 N–H and O–H groups in total. The van der Waals surface area contributed by atoms with Crippen molar-refractivity contribution in [3.63, 3.8) is 0 Å². The number of rotatable bonds is 4. The van der Waals surface area contributed by atoms with E-state index in [1.54, 1.807) is 11.5 Å². The second-order valence-corrected chi connectivity index (χ2v) is 5.61. The molecule has 2 aromatic rings. The summed E-state index contributed by atoms with van der Waals surface area (Å²) in [6.07, 6.45) is 0.779. The van der Waals surface area contributed by atoms with Gasteiger partial charge >= 0.3 is 0 Å². The predicted octanol–water partition coefficient (Wildman–Crippen LogP) is -0.518. The number of fused-ring (bicyclic) bond motifs is 1. The van der Waals surface area contributed by atoms with Crippen molar-refractivity contribution in [2.75, 3.05) is 19.5 Å². The molecule has 1 saturated heterocycles. The Bertz CT molecular complexity index is 748. The second-order valence-electron chi connectivity index (χ2n) is 5.61. The first-order valence-electron chi connectivity index (χ1n) is 7.03. The summed E-state index contributed by atoms with van der Waals surface area (Å²) in [5.74, 6) is 0.173. The molecule has 0 aromatic carbocycles. The molecule has 0 radical (unpaired) electrons. The zero-order valence-corrected chi connectivity index (χ0v) is 12.7. The van der Waals surface area contributed by atoms with Gasteiger partial charge in [0.15, 0.2) is 12.5 Å². The third kappa shape index (κ3) is 2.12. The van der Waals surface area contributed by atoms with Gasteiger partial charge in [0.2, 0.25) is 0 Å². The average Bonchev–Trinajstić information content (AvgIpc) is 3.05. The normalized spacial score (nSPS) is 30.9. The molecule has 2 aromatic heterocycles. The fourth-order valence-electron chi connectivity index (χ4n) is 3.00. The van der Waals surface area contributed by atoms with Crippen molar-refractivity contribution in [2.24, 2.45) is 0 Å². The van der Waals surface area contributed by atoms with Crippen molar-refractivity contribution < 1.29 is 24.5 Å². The van der Waals surface area contributed by atoms with Crippen LogP contribution in [0, 0.1) is 0 Å². The molecule has 9 heteroatoms. The maximum atomic E-state index is 11.3. The lowest BCUT2D eigenvalue weighted by Gasteiger charge is -2.31. The molecule has 9 nitrogen and oxygen atoms in total. The summed E-state index contributed by atoms with van der Waals surface area (Å²) in [5, 5.41) is 20.2. The van der Waals surface area contributed by atoms with Crippen LogP contribution < -0.4 is 5.73 Å². The van der Waals surface area contributed by atoms with Crippen LogP contribution in [-0.4, -0.2) is 62.6 Å². The maximum absolute atomic E-state index is 11.3. The Morgan fingerprint density at radius 1 is 1.57 bits per heavy atom. The Morgan fingerprint density at radius 3 is 2.91 bits per heavy atom. The second kappa shape index (κ2) is 5.53. The van der Waals surface area contributed by atoms with Crippen LogP contribution in [-0.2, 0) is 9.47 Å². The summed E-state index contributed by atoms with van der Waals surface area (Å²) in [5.41, 5.74) is 5.40. The zero-order valence-electron chi connectivity index (χ0n) is 12.7. The zero-order chi connectivity index (χ0) is 16.8. The predicted molar refractivity (Wildman–Crippen MR) is 79.7 cm³/mol. The molecule has 0 amide bonds. The van der Waals surface area contributed by atoms with E-state index in [1.807, 2.05) is 0 Å². The van der Waals surface area contributed by atoms with Gasteiger partial charge in [0.25, 0.3) is 0 Å². The number of aldehydes is 1. The van der Waals surface area contributed by atoms with E-state index in [2.05, 4.69) is 9.97 Å². The summed E-state index contributed by atoms with van der Waals surface area (Å²) in [6, 6.07) is 0. The molecule has 4 atom stereocenters. The molecule has 124 valence electrons. The third-order valence-corrected chi connectivity index (χ3v) is 4.40. The largest absolute Gasteiger partial charge is 0.394 e. The summed E-state index contributed by atoms with van der Waals surface area (Å²) in [6.45, 7) is 1.29. The third-order valence-electron chi connectivity index (χ3n) is 4.40. The van der Waals surface area contributed by atoms with Crippen molar-refractivity contribution in [2.45, 2.75) is 31.0 Å². The van der Waals surface area contributed by atoms with Crippen LogP contribution in [0.3, 0.4) is 0 Å². The van der Waals surface area contributed by atoms with Crippen molar-refractivity contribution >= 4 is 23.1 Å². The van der Waals surface area contributed by atoms with Crippen LogP contribution in [0.2, 0.25) is 0 Å². The van der Waals surface area contributed by atoms with Gasteiger partial charge in [-0.25, -0.2) is 9.97 Å². The number of carbonyl (C=O) groups excluding carboxylic acids is 1. The average molecular weight is 322 g/mol. The van der Waals surface area contributed by atoms with Gasteiger partial charge in [0.05, 0.1) is 12.0 Å². The fourth-order valence-corrected chi connectivity index (χ4v) is 3.00. The van der Waals surface area contributed by atoms with Crippen molar-refractivity contribution in [1.29, 1.82) is 0 Å². The Hall–Kier alpha value is -2.07. The molecule has 0 spiro atoms. The SMILES string of the molecule is CO[C@]1(C)C(O)C(CO)O[C@H]1n1cc(C=O)c2c(N)ncnc21. The number of anilines is 1. The van der Waals surface area contributed by atoms with Crippen LogP contribution in [0.5, 0.6) is 0 Å². The van der Waals surface area contributed by atoms with Gasteiger partial charge in [0, 0.05) is 18.9 Å². The summed E-state index contributed by atoms with van der Waals surface area (Å²) in [7, 11) is 1.44. The molecular formula is C14H18N4O5.